The van der Waals surface area contributed by atoms with Gasteiger partial charge in [-0.05, 0) is 43.4 Å². The Morgan fingerprint density at radius 1 is 1.43 bits per heavy atom. The van der Waals surface area contributed by atoms with Gasteiger partial charge in [-0.3, -0.25) is 0 Å². The first-order valence-corrected chi connectivity index (χ1v) is 8.59. The number of phenolic OH excluding ortho intramolecular Hbond substituents is 1. The first-order valence-electron chi connectivity index (χ1n) is 7.77. The average molecular weight is 326 g/mol. The van der Waals surface area contributed by atoms with E-state index in [0.29, 0.717) is 23.5 Å². The summed E-state index contributed by atoms with van der Waals surface area (Å²) in [4.78, 5) is 5.71. The molecule has 23 heavy (non-hydrogen) atoms. The van der Waals surface area contributed by atoms with Gasteiger partial charge >= 0.3 is 0 Å². The number of nitrogens with zero attached hydrogens (tertiary/aromatic N) is 2. The summed E-state index contributed by atoms with van der Waals surface area (Å²) in [5.41, 5.74) is 2.48. The van der Waals surface area contributed by atoms with Crippen molar-refractivity contribution in [2.24, 2.45) is 4.99 Å². The van der Waals surface area contributed by atoms with Crippen LogP contribution in [-0.2, 0) is 12.8 Å². The molecule has 0 saturated heterocycles. The number of rotatable bonds is 5. The summed E-state index contributed by atoms with van der Waals surface area (Å²) in [6, 6.07) is 7.46. The van der Waals surface area contributed by atoms with E-state index >= 15 is 0 Å². The van der Waals surface area contributed by atoms with Gasteiger partial charge in [0.05, 0.1) is 12.2 Å². The summed E-state index contributed by atoms with van der Waals surface area (Å²) in [6.45, 7) is 2.66. The maximum atomic E-state index is 10.1. The van der Waals surface area contributed by atoms with Gasteiger partial charge in [-0.25, -0.2) is 4.99 Å². The Balaban J connectivity index is 1.82. The highest BCUT2D eigenvalue weighted by atomic mass is 32.1. The van der Waals surface area contributed by atoms with Crippen LogP contribution in [0.25, 0.3) is 0 Å². The van der Waals surface area contributed by atoms with Crippen molar-refractivity contribution >= 4 is 22.6 Å². The van der Waals surface area contributed by atoms with E-state index in [4.69, 9.17) is 4.74 Å². The quantitative estimate of drug-likeness (QED) is 0.831. The fourth-order valence-corrected chi connectivity index (χ4v) is 3.85. The lowest BCUT2D eigenvalue weighted by Gasteiger charge is -2.06. The number of aromatic hydroxyl groups is 1. The Morgan fingerprint density at radius 2 is 2.30 bits per heavy atom. The number of aliphatic imine (C=N–C) groups is 1. The molecule has 1 aliphatic rings. The number of aryl methyl sites for hydroxylation is 1. The molecule has 118 valence electrons. The third kappa shape index (κ3) is 3.22. The normalized spacial score (nSPS) is 13.2. The number of benzene rings is 1. The minimum atomic E-state index is 0.130. The number of hydrogen-bond donors (Lipinski definition) is 1. The van der Waals surface area contributed by atoms with E-state index in [1.807, 2.05) is 13.0 Å². The molecule has 1 aromatic heterocycles. The third-order valence-corrected chi connectivity index (χ3v) is 5.01. The van der Waals surface area contributed by atoms with Crippen LogP contribution in [0.4, 0.5) is 5.00 Å². The molecule has 2 aromatic rings. The van der Waals surface area contributed by atoms with Crippen LogP contribution in [0.15, 0.2) is 23.2 Å². The smallest absolute Gasteiger partial charge is 0.134 e. The Morgan fingerprint density at radius 3 is 3.04 bits per heavy atom. The lowest BCUT2D eigenvalue weighted by molar-refractivity contribution is 0.315. The minimum absolute atomic E-state index is 0.130. The van der Waals surface area contributed by atoms with Gasteiger partial charge in [0.15, 0.2) is 0 Å². The molecule has 1 N–H and O–H groups in total. The van der Waals surface area contributed by atoms with E-state index in [-0.39, 0.29) is 5.75 Å². The van der Waals surface area contributed by atoms with Gasteiger partial charge in [-0.2, -0.15) is 5.26 Å². The maximum absolute atomic E-state index is 10.1. The van der Waals surface area contributed by atoms with Crippen molar-refractivity contribution < 1.29 is 9.84 Å². The molecule has 0 atom stereocenters. The van der Waals surface area contributed by atoms with Crippen LogP contribution in [0.3, 0.4) is 0 Å². The van der Waals surface area contributed by atoms with E-state index in [1.165, 1.54) is 4.88 Å². The van der Waals surface area contributed by atoms with Crippen molar-refractivity contribution in [3.63, 3.8) is 0 Å². The van der Waals surface area contributed by atoms with Gasteiger partial charge in [0.1, 0.15) is 22.6 Å². The van der Waals surface area contributed by atoms with E-state index in [2.05, 4.69) is 11.1 Å². The predicted molar refractivity (Wildman–Crippen MR) is 92.2 cm³/mol. The largest absolute Gasteiger partial charge is 0.507 e. The minimum Gasteiger partial charge on any atom is -0.507 e. The molecule has 0 spiro atoms. The zero-order chi connectivity index (χ0) is 16.2. The molecule has 3 rings (SSSR count). The van der Waals surface area contributed by atoms with Crippen molar-refractivity contribution in [1.29, 1.82) is 5.26 Å². The highest BCUT2D eigenvalue weighted by Gasteiger charge is 2.21. The van der Waals surface area contributed by atoms with E-state index in [9.17, 15) is 10.4 Å². The SMILES string of the molecule is CCCOc1ccc(/C=N/c2sc3c(c2C#N)CCC3)c(O)c1. The number of ether oxygens (including phenoxy) is 1. The number of hydrogen-bond acceptors (Lipinski definition) is 5. The maximum Gasteiger partial charge on any atom is 0.134 e. The molecule has 0 saturated carbocycles. The number of phenols is 1. The molecule has 5 heteroatoms. The summed E-state index contributed by atoms with van der Waals surface area (Å²) in [6.07, 6.45) is 5.67. The first-order chi connectivity index (χ1) is 11.2. The Bertz CT molecular complexity index is 787. The van der Waals surface area contributed by atoms with Crippen molar-refractivity contribution in [1.82, 2.24) is 0 Å². The van der Waals surface area contributed by atoms with Gasteiger partial charge in [0, 0.05) is 22.7 Å². The van der Waals surface area contributed by atoms with E-state index in [1.54, 1.807) is 29.7 Å². The fourth-order valence-electron chi connectivity index (χ4n) is 2.67. The van der Waals surface area contributed by atoms with Gasteiger partial charge < -0.3 is 9.84 Å². The lowest BCUT2D eigenvalue weighted by Crippen LogP contribution is -1.95. The summed E-state index contributed by atoms with van der Waals surface area (Å²) in [7, 11) is 0. The zero-order valence-electron chi connectivity index (χ0n) is 13.0. The Hall–Kier alpha value is -2.32. The second-order valence-corrected chi connectivity index (χ2v) is 6.56. The molecule has 1 aliphatic carbocycles. The molecule has 4 nitrogen and oxygen atoms in total. The molecule has 0 aliphatic heterocycles. The van der Waals surface area contributed by atoms with E-state index < -0.39 is 0 Å². The van der Waals surface area contributed by atoms with Gasteiger partial charge in [-0.1, -0.05) is 6.92 Å². The molecule has 0 fully saturated rings. The van der Waals surface area contributed by atoms with Crippen LogP contribution >= 0.6 is 11.3 Å². The number of fused-ring (bicyclic) bond motifs is 1. The highest BCUT2D eigenvalue weighted by molar-refractivity contribution is 7.16. The van der Waals surface area contributed by atoms with Crippen molar-refractivity contribution in [2.75, 3.05) is 6.61 Å². The fraction of sp³-hybridized carbons (Fsp3) is 0.333. The van der Waals surface area contributed by atoms with Crippen LogP contribution in [0.2, 0.25) is 0 Å². The standard InChI is InChI=1S/C18H18N2O2S/c1-2-8-22-13-7-6-12(16(21)9-13)11-20-18-15(10-19)14-4-3-5-17(14)23-18/h6-7,9,11,21H,2-5,8H2,1H3/b20-11+. The monoisotopic (exact) mass is 326 g/mol. The summed E-state index contributed by atoms with van der Waals surface area (Å²) in [5, 5.41) is 20.2. The van der Waals surface area contributed by atoms with Crippen molar-refractivity contribution in [2.45, 2.75) is 32.6 Å². The van der Waals surface area contributed by atoms with Crippen LogP contribution in [0.5, 0.6) is 11.5 Å². The van der Waals surface area contributed by atoms with Crippen LogP contribution in [0.1, 0.15) is 41.3 Å². The second-order valence-electron chi connectivity index (χ2n) is 5.48. The predicted octanol–water partition coefficient (Wildman–Crippen LogP) is 4.35. The summed E-state index contributed by atoms with van der Waals surface area (Å²) < 4.78 is 5.49. The Labute approximate surface area is 139 Å². The van der Waals surface area contributed by atoms with Crippen LogP contribution in [-0.4, -0.2) is 17.9 Å². The second kappa shape index (κ2) is 6.84. The van der Waals surface area contributed by atoms with E-state index in [0.717, 1.165) is 36.2 Å². The molecule has 0 radical (unpaired) electrons. The van der Waals surface area contributed by atoms with Gasteiger partial charge in [-0.15, -0.1) is 11.3 Å². The van der Waals surface area contributed by atoms with Gasteiger partial charge in [0.25, 0.3) is 0 Å². The third-order valence-electron chi connectivity index (χ3n) is 3.81. The molecule has 0 unspecified atom stereocenters. The topological polar surface area (TPSA) is 65.6 Å². The molecular weight excluding hydrogens is 308 g/mol. The highest BCUT2D eigenvalue weighted by Crippen LogP contribution is 2.40. The van der Waals surface area contributed by atoms with Gasteiger partial charge in [0.2, 0.25) is 0 Å². The molecule has 1 heterocycles. The average Bonchev–Trinajstić information content (AvgIpc) is 3.12. The van der Waals surface area contributed by atoms with Crippen molar-refractivity contribution in [3.8, 4) is 17.6 Å². The zero-order valence-corrected chi connectivity index (χ0v) is 13.8. The number of nitriles is 1. The first kappa shape index (κ1) is 15.6. The molecule has 1 aromatic carbocycles. The summed E-state index contributed by atoms with van der Waals surface area (Å²) >= 11 is 1.59. The van der Waals surface area contributed by atoms with Crippen molar-refractivity contribution in [3.05, 3.63) is 39.8 Å². The molecule has 0 amide bonds. The lowest BCUT2D eigenvalue weighted by atomic mass is 10.1. The molecular formula is C18H18N2O2S. The Kier molecular flexibility index (Phi) is 4.63. The number of thiophene rings is 1. The van der Waals surface area contributed by atoms with Crippen LogP contribution < -0.4 is 4.74 Å². The van der Waals surface area contributed by atoms with Crippen LogP contribution in [0, 0.1) is 11.3 Å². The summed E-state index contributed by atoms with van der Waals surface area (Å²) in [5.74, 6) is 0.777. The molecule has 0 bridgehead atoms.